The molecule has 1 atom stereocenters. The lowest BCUT2D eigenvalue weighted by atomic mass is 9.73. The first-order valence-electron chi connectivity index (χ1n) is 11.1. The Hall–Kier alpha value is -3.38. The molecule has 2 aromatic rings. The summed E-state index contributed by atoms with van der Waals surface area (Å²) in [6.07, 6.45) is 9.41. The van der Waals surface area contributed by atoms with Crippen LogP contribution >= 0.6 is 23.4 Å². The van der Waals surface area contributed by atoms with E-state index in [2.05, 4.69) is 30.3 Å². The molecule has 35 heavy (non-hydrogen) atoms. The van der Waals surface area contributed by atoms with Gasteiger partial charge in [0.05, 0.1) is 29.2 Å². The van der Waals surface area contributed by atoms with Crippen LogP contribution in [0.15, 0.2) is 56.9 Å². The second kappa shape index (κ2) is 8.38. The molecule has 2 amide bonds. The molecule has 0 aromatic carbocycles. The van der Waals surface area contributed by atoms with E-state index in [0.29, 0.717) is 22.4 Å². The summed E-state index contributed by atoms with van der Waals surface area (Å²) in [6, 6.07) is 1.62. The van der Waals surface area contributed by atoms with Gasteiger partial charge in [0.15, 0.2) is 5.84 Å². The molecule has 2 aromatic heterocycles. The summed E-state index contributed by atoms with van der Waals surface area (Å²) in [5, 5.41) is 17.6. The van der Waals surface area contributed by atoms with Crippen molar-refractivity contribution in [2.75, 3.05) is 24.5 Å². The van der Waals surface area contributed by atoms with Crippen molar-refractivity contribution >= 4 is 47.0 Å². The summed E-state index contributed by atoms with van der Waals surface area (Å²) in [5.41, 5.74) is 0.721. The minimum Gasteiger partial charge on any atom is -0.465 e. The molecule has 11 nitrogen and oxygen atoms in total. The Labute approximate surface area is 209 Å². The van der Waals surface area contributed by atoms with Gasteiger partial charge in [0.25, 0.3) is 5.91 Å². The van der Waals surface area contributed by atoms with Crippen molar-refractivity contribution in [3.05, 3.63) is 52.6 Å². The van der Waals surface area contributed by atoms with Gasteiger partial charge in [0.2, 0.25) is 0 Å². The highest BCUT2D eigenvalue weighted by Crippen LogP contribution is 2.49. The van der Waals surface area contributed by atoms with Crippen molar-refractivity contribution in [3.8, 4) is 0 Å². The lowest BCUT2D eigenvalue weighted by Crippen LogP contribution is -2.47. The van der Waals surface area contributed by atoms with E-state index in [9.17, 15) is 14.7 Å². The topological polar surface area (TPSA) is 129 Å². The van der Waals surface area contributed by atoms with Gasteiger partial charge in [0, 0.05) is 42.4 Å². The second-order valence-corrected chi connectivity index (χ2v) is 10.4. The molecule has 4 aliphatic rings. The van der Waals surface area contributed by atoms with Crippen LogP contribution in [0.5, 0.6) is 0 Å². The van der Waals surface area contributed by atoms with Gasteiger partial charge in [-0.2, -0.15) is 10.1 Å². The summed E-state index contributed by atoms with van der Waals surface area (Å²) in [4.78, 5) is 40.9. The largest absolute Gasteiger partial charge is 0.465 e. The fraction of sp³-hybridized carbons (Fsp3) is 0.364. The fourth-order valence-electron chi connectivity index (χ4n) is 5.20. The van der Waals surface area contributed by atoms with Crippen molar-refractivity contribution in [1.29, 1.82) is 0 Å². The Kier molecular flexibility index (Phi) is 5.29. The molecule has 0 unspecified atom stereocenters. The number of allylic oxidation sites excluding steroid dienone is 1. The van der Waals surface area contributed by atoms with E-state index in [4.69, 9.17) is 11.6 Å². The van der Waals surface area contributed by atoms with Crippen LogP contribution in [-0.4, -0.2) is 67.2 Å². The molecule has 4 aliphatic heterocycles. The van der Waals surface area contributed by atoms with Gasteiger partial charge < -0.3 is 20.2 Å². The Morgan fingerprint density at radius 2 is 2.09 bits per heavy atom. The molecule has 0 radical (unpaired) electrons. The van der Waals surface area contributed by atoms with Crippen LogP contribution < -0.4 is 10.2 Å². The Bertz CT molecular complexity index is 1300. The van der Waals surface area contributed by atoms with Gasteiger partial charge in [0.1, 0.15) is 17.4 Å². The number of anilines is 1. The van der Waals surface area contributed by atoms with E-state index < -0.39 is 6.09 Å². The fourth-order valence-corrected chi connectivity index (χ4v) is 6.27. The maximum absolute atomic E-state index is 11.6. The number of piperidine rings is 1. The molecule has 2 N–H and O–H groups in total. The Morgan fingerprint density at radius 3 is 2.83 bits per heavy atom. The first-order valence-corrected chi connectivity index (χ1v) is 12.3. The van der Waals surface area contributed by atoms with Crippen LogP contribution in [0.1, 0.15) is 24.6 Å². The van der Waals surface area contributed by atoms with E-state index in [1.807, 2.05) is 16.8 Å². The minimum absolute atomic E-state index is 0.198. The third-order valence-electron chi connectivity index (χ3n) is 6.93. The summed E-state index contributed by atoms with van der Waals surface area (Å²) in [7, 11) is 0. The third kappa shape index (κ3) is 3.86. The maximum atomic E-state index is 11.6. The van der Waals surface area contributed by atoms with Gasteiger partial charge in [-0.15, -0.1) is 0 Å². The maximum Gasteiger partial charge on any atom is 0.405 e. The van der Waals surface area contributed by atoms with Crippen molar-refractivity contribution in [3.63, 3.8) is 0 Å². The number of nitrogens with one attached hydrogen (secondary N) is 1. The number of nitrogens with zero attached hydrogens (tertiary/aromatic N) is 7. The number of amidine groups is 1. The molecule has 1 spiro atoms. The molecule has 0 aliphatic carbocycles. The molecule has 180 valence electrons. The molecule has 6 rings (SSSR count). The third-order valence-corrected chi connectivity index (χ3v) is 8.39. The van der Waals surface area contributed by atoms with Crippen LogP contribution in [-0.2, 0) is 11.3 Å². The highest BCUT2D eigenvalue weighted by molar-refractivity contribution is 8.03. The normalized spacial score (nSPS) is 22.5. The number of fused-ring (bicyclic) bond motifs is 2. The summed E-state index contributed by atoms with van der Waals surface area (Å²) in [5.74, 6) is 1.03. The molecule has 0 bridgehead atoms. The minimum atomic E-state index is -1.02. The van der Waals surface area contributed by atoms with Crippen molar-refractivity contribution in [2.24, 2.45) is 10.4 Å². The van der Waals surface area contributed by atoms with Crippen molar-refractivity contribution in [2.45, 2.75) is 30.5 Å². The molecule has 6 heterocycles. The standard InChI is InChI=1S/C22H21ClN8O3S/c23-18-14(2-6-30-11-16(32)27-20(18)30)35-17-10-24-15(9-25-17)29-7-3-22(4-8-29)12-31-13(1-5-26-31)19(22)28-21(33)34/h1-2,5-6,9-10,19,28H,3-4,7-8,11-12H2,(H,33,34)/t19-/m1/s1. The van der Waals surface area contributed by atoms with E-state index in [-0.39, 0.29) is 23.9 Å². The number of rotatable bonds is 4. The first kappa shape index (κ1) is 22.1. The number of aromatic nitrogens is 4. The van der Waals surface area contributed by atoms with Crippen molar-refractivity contribution in [1.82, 2.24) is 30.0 Å². The summed E-state index contributed by atoms with van der Waals surface area (Å²) in [6.45, 7) is 2.40. The highest BCUT2D eigenvalue weighted by Gasteiger charge is 2.49. The number of thioether (sulfide) groups is 1. The number of hydrogen-bond donors (Lipinski definition) is 2. The number of carbonyl (C=O) groups excluding carboxylic acids is 1. The predicted molar refractivity (Wildman–Crippen MR) is 129 cm³/mol. The van der Waals surface area contributed by atoms with Gasteiger partial charge in [-0.1, -0.05) is 23.4 Å². The highest BCUT2D eigenvalue weighted by atomic mass is 35.5. The molecule has 1 saturated heterocycles. The van der Waals surface area contributed by atoms with Crippen LogP contribution in [0.3, 0.4) is 0 Å². The smallest absolute Gasteiger partial charge is 0.405 e. The zero-order valence-electron chi connectivity index (χ0n) is 18.5. The zero-order chi connectivity index (χ0) is 24.2. The molecule has 13 heteroatoms. The Balaban J connectivity index is 1.13. The SMILES string of the molecule is O=C1CN2C=CC(Sc3cnc(N4CCC5(CC4)Cn4nccc4[C@H]5NC(=O)O)cn3)=C(Cl)C2=N1. The average Bonchev–Trinajstić information content (AvgIpc) is 3.52. The van der Waals surface area contributed by atoms with E-state index in [1.54, 1.807) is 29.7 Å². The lowest BCUT2D eigenvalue weighted by Gasteiger charge is -2.42. The number of amides is 2. The molecular formula is C22H21ClN8O3S. The second-order valence-electron chi connectivity index (χ2n) is 8.91. The van der Waals surface area contributed by atoms with E-state index >= 15 is 0 Å². The zero-order valence-corrected chi connectivity index (χ0v) is 20.0. The Morgan fingerprint density at radius 1 is 1.26 bits per heavy atom. The van der Waals surface area contributed by atoms with Gasteiger partial charge >= 0.3 is 6.09 Å². The number of hydrogen-bond acceptors (Lipinski definition) is 8. The van der Waals surface area contributed by atoms with Gasteiger partial charge in [-0.25, -0.2) is 14.8 Å². The van der Waals surface area contributed by atoms with Crippen LogP contribution in [0, 0.1) is 5.41 Å². The lowest BCUT2D eigenvalue weighted by molar-refractivity contribution is -0.116. The molecular weight excluding hydrogens is 492 g/mol. The van der Waals surface area contributed by atoms with Crippen LogP contribution in [0.25, 0.3) is 0 Å². The summed E-state index contributed by atoms with van der Waals surface area (Å²) < 4.78 is 1.91. The monoisotopic (exact) mass is 512 g/mol. The first-order chi connectivity index (χ1) is 16.9. The summed E-state index contributed by atoms with van der Waals surface area (Å²) >= 11 is 7.83. The number of carbonyl (C=O) groups is 2. The number of carboxylic acid groups (broad SMARTS) is 1. The van der Waals surface area contributed by atoms with Crippen LogP contribution in [0.4, 0.5) is 10.6 Å². The van der Waals surface area contributed by atoms with E-state index in [1.165, 1.54) is 11.8 Å². The number of aliphatic imine (C=N–C) groups is 1. The average molecular weight is 513 g/mol. The van der Waals surface area contributed by atoms with Gasteiger partial charge in [-0.3, -0.25) is 9.48 Å². The predicted octanol–water partition coefficient (Wildman–Crippen LogP) is 2.59. The van der Waals surface area contributed by atoms with E-state index in [0.717, 1.165) is 42.3 Å². The quantitative estimate of drug-likeness (QED) is 0.634. The van der Waals surface area contributed by atoms with Crippen molar-refractivity contribution < 1.29 is 14.7 Å². The van der Waals surface area contributed by atoms with Crippen LogP contribution in [0.2, 0.25) is 0 Å². The van der Waals surface area contributed by atoms with Gasteiger partial charge in [-0.05, 0) is 25.0 Å². The molecule has 1 fully saturated rings. The number of halogens is 1. The molecule has 0 saturated carbocycles.